The molecule has 0 aliphatic carbocycles. The zero-order valence-electron chi connectivity index (χ0n) is 14.2. The molecule has 0 saturated carbocycles. The van der Waals surface area contributed by atoms with Crippen LogP contribution in [-0.4, -0.2) is 59.9 Å². The first kappa shape index (κ1) is 21.1. The van der Waals surface area contributed by atoms with Crippen LogP contribution in [0.3, 0.4) is 0 Å². The Hall–Kier alpha value is -1.96. The lowest BCUT2D eigenvalue weighted by atomic mass is 10.2. The Balaban J connectivity index is 0.00000312. The normalized spacial score (nSPS) is 14.0. The highest BCUT2D eigenvalue weighted by Crippen LogP contribution is 2.15. The molecule has 138 valence electrons. The van der Waals surface area contributed by atoms with Gasteiger partial charge in [0.2, 0.25) is 5.91 Å². The number of nitrogens with zero attached hydrogens (tertiary/aromatic N) is 3. The largest absolute Gasteiger partial charge is 0.340 e. The lowest BCUT2D eigenvalue weighted by Crippen LogP contribution is -2.47. The van der Waals surface area contributed by atoms with E-state index in [1.807, 2.05) is 11.0 Å². The maximum Gasteiger partial charge on any atom is 0.269 e. The third-order valence-corrected chi connectivity index (χ3v) is 4.03. The van der Waals surface area contributed by atoms with Crippen molar-refractivity contribution in [1.82, 2.24) is 15.1 Å². The fourth-order valence-corrected chi connectivity index (χ4v) is 2.77. The Morgan fingerprint density at radius 2 is 2.12 bits per heavy atom. The van der Waals surface area contributed by atoms with E-state index in [9.17, 15) is 14.9 Å². The lowest BCUT2D eigenvalue weighted by molar-refractivity contribution is -0.384. The van der Waals surface area contributed by atoms with E-state index >= 15 is 0 Å². The molecule has 0 radical (unpaired) electrons. The molecule has 1 heterocycles. The van der Waals surface area contributed by atoms with E-state index in [1.54, 1.807) is 18.2 Å². The third-order valence-electron chi connectivity index (χ3n) is 4.03. The number of nitro groups is 1. The second-order valence-corrected chi connectivity index (χ2v) is 5.83. The lowest BCUT2D eigenvalue weighted by Gasteiger charge is -2.28. The van der Waals surface area contributed by atoms with Crippen molar-refractivity contribution in [2.24, 2.45) is 0 Å². The van der Waals surface area contributed by atoms with Crippen molar-refractivity contribution >= 4 is 24.0 Å². The van der Waals surface area contributed by atoms with Gasteiger partial charge >= 0.3 is 0 Å². The summed E-state index contributed by atoms with van der Waals surface area (Å²) in [6, 6.07) is 6.61. The van der Waals surface area contributed by atoms with Gasteiger partial charge in [-0.15, -0.1) is 19.0 Å². The third kappa shape index (κ3) is 6.81. The second-order valence-electron chi connectivity index (χ2n) is 5.83. The van der Waals surface area contributed by atoms with Crippen molar-refractivity contribution in [2.75, 3.05) is 39.3 Å². The number of piperazine rings is 1. The number of non-ortho nitro benzene ring substituents is 1. The van der Waals surface area contributed by atoms with Gasteiger partial charge in [-0.1, -0.05) is 18.2 Å². The number of amides is 1. The van der Waals surface area contributed by atoms with Crippen molar-refractivity contribution in [2.45, 2.75) is 13.0 Å². The van der Waals surface area contributed by atoms with Gasteiger partial charge in [-0.3, -0.25) is 19.8 Å². The van der Waals surface area contributed by atoms with Gasteiger partial charge in [0.1, 0.15) is 0 Å². The van der Waals surface area contributed by atoms with Crippen LogP contribution >= 0.6 is 12.4 Å². The number of carbonyl (C=O) groups excluding carboxylic acids is 1. The molecule has 1 amide bonds. The first-order valence-corrected chi connectivity index (χ1v) is 8.15. The molecule has 0 unspecified atom stereocenters. The summed E-state index contributed by atoms with van der Waals surface area (Å²) >= 11 is 0. The summed E-state index contributed by atoms with van der Waals surface area (Å²) < 4.78 is 0. The predicted octanol–water partition coefficient (Wildman–Crippen LogP) is 1.83. The molecule has 1 aromatic rings. The van der Waals surface area contributed by atoms with E-state index < -0.39 is 4.92 Å². The Morgan fingerprint density at radius 1 is 1.40 bits per heavy atom. The van der Waals surface area contributed by atoms with E-state index in [0.29, 0.717) is 26.1 Å². The Labute approximate surface area is 154 Å². The summed E-state index contributed by atoms with van der Waals surface area (Å²) in [7, 11) is 0. The monoisotopic (exact) mass is 368 g/mol. The minimum Gasteiger partial charge on any atom is -0.340 e. The van der Waals surface area contributed by atoms with E-state index in [2.05, 4.69) is 16.8 Å². The van der Waals surface area contributed by atoms with Crippen LogP contribution in [0.2, 0.25) is 0 Å². The van der Waals surface area contributed by atoms with Crippen LogP contribution in [-0.2, 0) is 11.3 Å². The number of nitro benzene ring substituents is 1. The van der Waals surface area contributed by atoms with Crippen LogP contribution in [0.15, 0.2) is 36.9 Å². The van der Waals surface area contributed by atoms with Crippen LogP contribution in [0.1, 0.15) is 12.0 Å². The maximum absolute atomic E-state index is 12.3. The van der Waals surface area contributed by atoms with Gasteiger partial charge in [0.25, 0.3) is 5.69 Å². The van der Waals surface area contributed by atoms with Gasteiger partial charge in [0.15, 0.2) is 0 Å². The topological polar surface area (TPSA) is 78.7 Å². The summed E-state index contributed by atoms with van der Waals surface area (Å²) in [5.41, 5.74) is 0.948. The molecule has 1 aliphatic rings. The fraction of sp³-hybridized carbons (Fsp3) is 0.471. The summed E-state index contributed by atoms with van der Waals surface area (Å²) in [4.78, 5) is 26.7. The average molecular weight is 369 g/mol. The quantitative estimate of drug-likeness (QED) is 0.430. The minimum atomic E-state index is -0.394. The van der Waals surface area contributed by atoms with Crippen LogP contribution < -0.4 is 5.32 Å². The van der Waals surface area contributed by atoms with Gasteiger partial charge in [-0.2, -0.15) is 0 Å². The molecule has 0 atom stereocenters. The Kier molecular flexibility index (Phi) is 9.12. The highest BCUT2D eigenvalue weighted by Gasteiger charge is 2.17. The Bertz CT molecular complexity index is 591. The summed E-state index contributed by atoms with van der Waals surface area (Å²) in [5.74, 6) is 0.157. The van der Waals surface area contributed by atoms with Gasteiger partial charge in [0, 0.05) is 64.4 Å². The van der Waals surface area contributed by atoms with Gasteiger partial charge in [-0.05, 0) is 5.56 Å². The molecule has 1 N–H and O–H groups in total. The Morgan fingerprint density at radius 3 is 2.76 bits per heavy atom. The molecule has 2 rings (SSSR count). The smallest absolute Gasteiger partial charge is 0.269 e. The molecule has 0 bridgehead atoms. The van der Waals surface area contributed by atoms with Crippen molar-refractivity contribution in [3.8, 4) is 0 Å². The number of hydrogen-bond donors (Lipinski definition) is 1. The van der Waals surface area contributed by atoms with E-state index in [4.69, 9.17) is 0 Å². The number of halogens is 1. The van der Waals surface area contributed by atoms with Gasteiger partial charge in [0.05, 0.1) is 4.92 Å². The van der Waals surface area contributed by atoms with Crippen LogP contribution in [0.5, 0.6) is 0 Å². The highest BCUT2D eigenvalue weighted by atomic mass is 35.5. The van der Waals surface area contributed by atoms with Crippen molar-refractivity contribution < 1.29 is 9.72 Å². The summed E-state index contributed by atoms with van der Waals surface area (Å²) in [6.07, 6.45) is 2.23. The zero-order valence-corrected chi connectivity index (χ0v) is 15.0. The standard InChI is InChI=1S/C17H24N4O3.ClH/c1-2-9-19(10-6-17(22)20-11-7-18-8-12-20)14-15-4-3-5-16(13-15)21(23)24;/h2-5,13,18H,1,6-12,14H2;1H. The molecule has 7 nitrogen and oxygen atoms in total. The van der Waals surface area contributed by atoms with Crippen molar-refractivity contribution in [3.05, 3.63) is 52.6 Å². The molecule has 1 fully saturated rings. The van der Waals surface area contributed by atoms with Crippen LogP contribution in [0.25, 0.3) is 0 Å². The van der Waals surface area contributed by atoms with E-state index in [1.165, 1.54) is 6.07 Å². The molecule has 25 heavy (non-hydrogen) atoms. The first-order chi connectivity index (χ1) is 11.6. The highest BCUT2D eigenvalue weighted by molar-refractivity contribution is 5.85. The van der Waals surface area contributed by atoms with Crippen molar-refractivity contribution in [1.29, 1.82) is 0 Å². The molecule has 1 aromatic carbocycles. The maximum atomic E-state index is 12.3. The number of carbonyl (C=O) groups is 1. The molecule has 1 aliphatic heterocycles. The second kappa shape index (κ2) is 10.8. The minimum absolute atomic E-state index is 0. The van der Waals surface area contributed by atoms with Gasteiger partial charge < -0.3 is 10.2 Å². The molecule has 0 spiro atoms. The first-order valence-electron chi connectivity index (χ1n) is 8.15. The summed E-state index contributed by atoms with van der Waals surface area (Å²) in [5, 5.41) is 14.1. The van der Waals surface area contributed by atoms with E-state index in [0.717, 1.165) is 31.7 Å². The number of hydrogen-bond acceptors (Lipinski definition) is 5. The molecule has 1 saturated heterocycles. The SMILES string of the molecule is C=CCN(CCC(=O)N1CCNCC1)Cc1cccc([N+](=O)[O-])c1.Cl. The van der Waals surface area contributed by atoms with Crippen molar-refractivity contribution in [3.63, 3.8) is 0 Å². The number of benzene rings is 1. The number of rotatable bonds is 8. The van der Waals surface area contributed by atoms with Gasteiger partial charge in [-0.25, -0.2) is 0 Å². The predicted molar refractivity (Wildman–Crippen MR) is 99.9 cm³/mol. The average Bonchev–Trinajstić information content (AvgIpc) is 2.60. The fourth-order valence-electron chi connectivity index (χ4n) is 2.77. The molecular weight excluding hydrogens is 344 g/mol. The zero-order chi connectivity index (χ0) is 17.4. The number of nitrogens with one attached hydrogen (secondary N) is 1. The molecular formula is C17H25ClN4O3. The van der Waals surface area contributed by atoms with Crippen LogP contribution in [0, 0.1) is 10.1 Å². The molecule has 0 aromatic heterocycles. The summed E-state index contributed by atoms with van der Waals surface area (Å²) in [6.45, 7) is 8.75. The van der Waals surface area contributed by atoms with E-state index in [-0.39, 0.29) is 24.0 Å². The molecule has 8 heteroatoms. The van der Waals surface area contributed by atoms with Crippen LogP contribution in [0.4, 0.5) is 5.69 Å².